The molecule has 1 N–H and O–H groups in total. The van der Waals surface area contributed by atoms with Crippen LogP contribution in [-0.2, 0) is 11.3 Å². The maximum Gasteiger partial charge on any atom is 0.492 e. The summed E-state index contributed by atoms with van der Waals surface area (Å²) in [6.45, 7) is -0.471. The van der Waals surface area contributed by atoms with Gasteiger partial charge in [0.05, 0.1) is 0 Å². The molecule has 8 nitrogen and oxygen atoms in total. The van der Waals surface area contributed by atoms with E-state index in [2.05, 4.69) is 26.0 Å². The van der Waals surface area contributed by atoms with Crippen LogP contribution in [-0.4, -0.2) is 30.8 Å². The van der Waals surface area contributed by atoms with Gasteiger partial charge in [0, 0.05) is 21.0 Å². The smallest absolute Gasteiger partial charge is 0.480 e. The molecule has 13 heavy (non-hydrogen) atoms. The average Bonchev–Trinajstić information content (AvgIpc) is 2.31. The Kier molecular flexibility index (Phi) is 2.56. The van der Waals surface area contributed by atoms with Gasteiger partial charge in [0.25, 0.3) is 4.73 Å². The van der Waals surface area contributed by atoms with Crippen molar-refractivity contribution in [3.05, 3.63) is 14.8 Å². The number of aliphatic carboxylic acids is 1. The normalized spacial score (nSPS) is 9.92. The molecule has 9 heteroatoms. The topological polar surface area (TPSA) is 111 Å². The summed E-state index contributed by atoms with van der Waals surface area (Å²) in [6.07, 6.45) is 0. The summed E-state index contributed by atoms with van der Waals surface area (Å²) in [5.41, 5.74) is 0. The van der Waals surface area contributed by atoms with Gasteiger partial charge < -0.3 is 15.2 Å². The van der Waals surface area contributed by atoms with Gasteiger partial charge in [-0.1, -0.05) is 0 Å². The van der Waals surface area contributed by atoms with Crippen LogP contribution < -0.4 is 0 Å². The molecule has 1 aromatic heterocycles. The highest BCUT2D eigenvalue weighted by molar-refractivity contribution is 9.10. The zero-order chi connectivity index (χ0) is 10.0. The summed E-state index contributed by atoms with van der Waals surface area (Å²) in [7, 11) is 0. The molecule has 0 saturated carbocycles. The Bertz CT molecular complexity index is 361. The van der Waals surface area contributed by atoms with Crippen molar-refractivity contribution in [1.29, 1.82) is 0 Å². The summed E-state index contributed by atoms with van der Waals surface area (Å²) < 4.78 is 0.891. The van der Waals surface area contributed by atoms with Crippen molar-refractivity contribution in [2.45, 2.75) is 6.54 Å². The number of nitrogens with zero attached hydrogens (tertiary/aromatic N) is 4. The Morgan fingerprint density at radius 1 is 1.77 bits per heavy atom. The van der Waals surface area contributed by atoms with Crippen LogP contribution in [0.15, 0.2) is 4.73 Å². The second-order valence-electron chi connectivity index (χ2n) is 1.99. The van der Waals surface area contributed by atoms with Crippen molar-refractivity contribution < 1.29 is 14.8 Å². The lowest BCUT2D eigenvalue weighted by Crippen LogP contribution is -2.10. The lowest BCUT2D eigenvalue weighted by Gasteiger charge is -1.88. The van der Waals surface area contributed by atoms with Crippen LogP contribution in [0.4, 0.5) is 5.95 Å². The highest BCUT2D eigenvalue weighted by Gasteiger charge is 2.20. The van der Waals surface area contributed by atoms with Gasteiger partial charge >= 0.3 is 11.9 Å². The lowest BCUT2D eigenvalue weighted by molar-refractivity contribution is -0.394. The van der Waals surface area contributed by atoms with Crippen LogP contribution >= 0.6 is 15.9 Å². The van der Waals surface area contributed by atoms with Gasteiger partial charge in [-0.25, -0.2) is 0 Å². The standard InChI is InChI=1S/C4H3BrN4O4/c5-3-6-4(9(12)13)7-8(3)1-2(10)11/h1H2,(H,10,11). The van der Waals surface area contributed by atoms with E-state index in [-0.39, 0.29) is 4.73 Å². The van der Waals surface area contributed by atoms with Gasteiger partial charge in [-0.05, 0) is 9.91 Å². The van der Waals surface area contributed by atoms with Crippen LogP contribution in [0.3, 0.4) is 0 Å². The summed E-state index contributed by atoms with van der Waals surface area (Å²) in [5, 5.41) is 21.8. The third-order valence-electron chi connectivity index (χ3n) is 1.06. The number of rotatable bonds is 3. The molecule has 0 unspecified atom stereocenters. The molecule has 0 radical (unpaired) electrons. The van der Waals surface area contributed by atoms with E-state index in [4.69, 9.17) is 5.11 Å². The Morgan fingerprint density at radius 2 is 2.38 bits per heavy atom. The number of nitro groups is 1. The first-order valence-electron chi connectivity index (χ1n) is 2.97. The molecule has 1 heterocycles. The molecule has 1 aromatic rings. The first-order valence-corrected chi connectivity index (χ1v) is 3.76. The quantitative estimate of drug-likeness (QED) is 0.599. The van der Waals surface area contributed by atoms with Crippen LogP contribution in [0.2, 0.25) is 0 Å². The van der Waals surface area contributed by atoms with Crippen molar-refractivity contribution in [3.8, 4) is 0 Å². The second-order valence-corrected chi connectivity index (χ2v) is 2.70. The number of hydrogen-bond acceptors (Lipinski definition) is 5. The SMILES string of the molecule is O=C(O)Cn1nc([N+](=O)[O-])nc1Br. The third-order valence-corrected chi connectivity index (χ3v) is 1.65. The number of carbonyl (C=O) groups is 1. The van der Waals surface area contributed by atoms with Gasteiger partial charge in [-0.2, -0.15) is 0 Å². The van der Waals surface area contributed by atoms with Crippen LogP contribution in [0.25, 0.3) is 0 Å². The number of carboxylic acids is 1. The molecule has 0 atom stereocenters. The molecule has 1 rings (SSSR count). The number of aromatic nitrogens is 3. The van der Waals surface area contributed by atoms with E-state index < -0.39 is 23.4 Å². The molecule has 0 aromatic carbocycles. The number of carboxylic acid groups (broad SMARTS) is 1. The lowest BCUT2D eigenvalue weighted by atomic mass is 10.7. The van der Waals surface area contributed by atoms with Crippen molar-refractivity contribution in [3.63, 3.8) is 0 Å². The Balaban J connectivity index is 2.96. The molecule has 0 bridgehead atoms. The molecule has 0 aliphatic rings. The molecule has 0 aliphatic carbocycles. The van der Waals surface area contributed by atoms with Gasteiger partial charge in [0.2, 0.25) is 0 Å². The Morgan fingerprint density at radius 3 is 2.77 bits per heavy atom. The van der Waals surface area contributed by atoms with E-state index in [0.717, 1.165) is 4.68 Å². The second kappa shape index (κ2) is 3.47. The van der Waals surface area contributed by atoms with Crippen molar-refractivity contribution in [2.75, 3.05) is 0 Å². The van der Waals surface area contributed by atoms with E-state index in [0.29, 0.717) is 0 Å². The van der Waals surface area contributed by atoms with Gasteiger partial charge in [-0.15, -0.1) is 4.68 Å². The summed E-state index contributed by atoms with van der Waals surface area (Å²) in [5.74, 6) is -1.78. The summed E-state index contributed by atoms with van der Waals surface area (Å²) in [6, 6.07) is 0. The minimum atomic E-state index is -1.15. The molecular weight excluding hydrogens is 248 g/mol. The van der Waals surface area contributed by atoms with Crippen molar-refractivity contribution >= 4 is 27.8 Å². The Labute approximate surface area is 79.5 Å². The molecule has 0 saturated heterocycles. The van der Waals surface area contributed by atoms with E-state index in [9.17, 15) is 14.9 Å². The van der Waals surface area contributed by atoms with Gasteiger partial charge in [0.1, 0.15) is 0 Å². The van der Waals surface area contributed by atoms with Gasteiger partial charge in [0.15, 0.2) is 6.54 Å². The summed E-state index contributed by atoms with van der Waals surface area (Å²) >= 11 is 2.84. The maximum absolute atomic E-state index is 10.2. The zero-order valence-electron chi connectivity index (χ0n) is 6.05. The van der Waals surface area contributed by atoms with Crippen LogP contribution in [0.1, 0.15) is 0 Å². The largest absolute Gasteiger partial charge is 0.492 e. The van der Waals surface area contributed by atoms with Crippen molar-refractivity contribution in [2.24, 2.45) is 0 Å². The first-order chi connectivity index (χ1) is 6.00. The first kappa shape index (κ1) is 9.58. The fraction of sp³-hybridized carbons (Fsp3) is 0.250. The predicted octanol–water partition coefficient (Wildman–Crippen LogP) is 0.0334. The number of hydrogen-bond donors (Lipinski definition) is 1. The minimum absolute atomic E-state index is 0.0154. The van der Waals surface area contributed by atoms with E-state index in [1.807, 2.05) is 0 Å². The monoisotopic (exact) mass is 250 g/mol. The minimum Gasteiger partial charge on any atom is -0.480 e. The van der Waals surface area contributed by atoms with E-state index in [1.165, 1.54) is 0 Å². The van der Waals surface area contributed by atoms with Gasteiger partial charge in [-0.3, -0.25) is 4.79 Å². The Hall–Kier alpha value is -1.51. The van der Waals surface area contributed by atoms with Crippen LogP contribution in [0.5, 0.6) is 0 Å². The van der Waals surface area contributed by atoms with Crippen molar-refractivity contribution in [1.82, 2.24) is 14.8 Å². The van der Waals surface area contributed by atoms with E-state index in [1.54, 1.807) is 0 Å². The molecule has 0 spiro atoms. The predicted molar refractivity (Wildman–Crippen MR) is 42.0 cm³/mol. The molecule has 0 amide bonds. The molecular formula is C4H3BrN4O4. The molecule has 70 valence electrons. The zero-order valence-corrected chi connectivity index (χ0v) is 7.63. The number of halogens is 1. The molecule has 0 fully saturated rings. The third kappa shape index (κ3) is 2.21. The fourth-order valence-corrected chi connectivity index (χ4v) is 0.981. The van der Waals surface area contributed by atoms with E-state index >= 15 is 0 Å². The van der Waals surface area contributed by atoms with Crippen LogP contribution in [0, 0.1) is 10.1 Å². The average molecular weight is 251 g/mol. The highest BCUT2D eigenvalue weighted by atomic mass is 79.9. The fourth-order valence-electron chi connectivity index (χ4n) is 0.618. The molecule has 0 aliphatic heterocycles. The maximum atomic E-state index is 10.2. The summed E-state index contributed by atoms with van der Waals surface area (Å²) in [4.78, 5) is 22.9. The highest BCUT2D eigenvalue weighted by Crippen LogP contribution is 2.11.